The molecule has 3 unspecified atom stereocenters. The minimum atomic E-state index is -0.108. The summed E-state index contributed by atoms with van der Waals surface area (Å²) in [5.41, 5.74) is 11.4. The number of primary amides is 2. The van der Waals surface area contributed by atoms with Crippen LogP contribution in [0.3, 0.4) is 0 Å². The zero-order valence-electron chi connectivity index (χ0n) is 25.4. The molecular formula is C33H66N2O2. The predicted octanol–water partition coefficient (Wildman–Crippen LogP) is 9.62. The molecule has 0 aromatic heterocycles. The van der Waals surface area contributed by atoms with Gasteiger partial charge >= 0.3 is 0 Å². The second kappa shape index (κ2) is 26.5. The van der Waals surface area contributed by atoms with Crippen LogP contribution in [0, 0.1) is 17.8 Å². The summed E-state index contributed by atoms with van der Waals surface area (Å²) in [4.78, 5) is 23.8. The van der Waals surface area contributed by atoms with Crippen LogP contribution in [0.2, 0.25) is 0 Å². The maximum Gasteiger partial charge on any atom is 0.220 e. The van der Waals surface area contributed by atoms with Crippen molar-refractivity contribution < 1.29 is 9.59 Å². The Morgan fingerprint density at radius 3 is 1.11 bits per heavy atom. The quantitative estimate of drug-likeness (QED) is 0.0958. The maximum atomic E-state index is 12.0. The Morgan fingerprint density at radius 2 is 0.757 bits per heavy atom. The third-order valence-corrected chi connectivity index (χ3v) is 8.30. The molecule has 0 aliphatic carbocycles. The van der Waals surface area contributed by atoms with Crippen LogP contribution in [0.25, 0.3) is 0 Å². The van der Waals surface area contributed by atoms with Crippen LogP contribution < -0.4 is 11.5 Å². The van der Waals surface area contributed by atoms with Gasteiger partial charge in [-0.3, -0.25) is 9.59 Å². The van der Waals surface area contributed by atoms with Gasteiger partial charge in [-0.2, -0.15) is 0 Å². The predicted molar refractivity (Wildman–Crippen MR) is 161 cm³/mol. The van der Waals surface area contributed by atoms with E-state index < -0.39 is 0 Å². The number of hydrogen-bond acceptors (Lipinski definition) is 2. The zero-order valence-corrected chi connectivity index (χ0v) is 25.4. The first-order valence-corrected chi connectivity index (χ1v) is 16.5. The van der Waals surface area contributed by atoms with Gasteiger partial charge in [0.25, 0.3) is 0 Å². The highest BCUT2D eigenvalue weighted by Crippen LogP contribution is 2.24. The van der Waals surface area contributed by atoms with E-state index in [-0.39, 0.29) is 23.7 Å². The van der Waals surface area contributed by atoms with E-state index in [1.165, 1.54) is 116 Å². The Hall–Kier alpha value is -1.06. The van der Waals surface area contributed by atoms with Crippen LogP contribution in [-0.2, 0) is 9.59 Å². The molecule has 0 saturated carbocycles. The molecule has 0 saturated heterocycles. The molecule has 0 fully saturated rings. The van der Waals surface area contributed by atoms with Crippen molar-refractivity contribution >= 4 is 11.8 Å². The molecule has 0 aliphatic rings. The summed E-state index contributed by atoms with van der Waals surface area (Å²) in [6, 6.07) is 0. The molecule has 0 heterocycles. The van der Waals surface area contributed by atoms with Gasteiger partial charge in [0, 0.05) is 11.8 Å². The second-order valence-electron chi connectivity index (χ2n) is 12.1. The third-order valence-electron chi connectivity index (χ3n) is 8.30. The molecule has 4 heteroatoms. The van der Waals surface area contributed by atoms with Crippen molar-refractivity contribution in [3.8, 4) is 0 Å². The lowest BCUT2D eigenvalue weighted by Crippen LogP contribution is -2.25. The molecule has 4 N–H and O–H groups in total. The van der Waals surface area contributed by atoms with E-state index in [1.54, 1.807) is 0 Å². The fourth-order valence-corrected chi connectivity index (χ4v) is 5.70. The van der Waals surface area contributed by atoms with Crippen molar-refractivity contribution in [1.82, 2.24) is 0 Å². The largest absolute Gasteiger partial charge is 0.369 e. The van der Waals surface area contributed by atoms with Gasteiger partial charge < -0.3 is 11.5 Å². The summed E-state index contributed by atoms with van der Waals surface area (Å²) in [6.45, 7) is 6.78. The number of carbonyl (C=O) groups excluding carboxylic acids is 2. The highest BCUT2D eigenvalue weighted by atomic mass is 16.1. The van der Waals surface area contributed by atoms with Crippen LogP contribution >= 0.6 is 0 Å². The van der Waals surface area contributed by atoms with E-state index in [9.17, 15) is 9.59 Å². The van der Waals surface area contributed by atoms with Gasteiger partial charge in [-0.05, 0) is 31.6 Å². The number of carbonyl (C=O) groups is 2. The zero-order chi connectivity index (χ0) is 27.6. The van der Waals surface area contributed by atoms with Gasteiger partial charge in [0.05, 0.1) is 0 Å². The van der Waals surface area contributed by atoms with Crippen LogP contribution in [0.15, 0.2) is 0 Å². The highest BCUT2D eigenvalue weighted by Gasteiger charge is 2.18. The Labute approximate surface area is 231 Å². The van der Waals surface area contributed by atoms with Crippen molar-refractivity contribution in [2.45, 2.75) is 181 Å². The fourth-order valence-electron chi connectivity index (χ4n) is 5.70. The molecule has 220 valence electrons. The van der Waals surface area contributed by atoms with E-state index in [1.807, 2.05) is 0 Å². The monoisotopic (exact) mass is 523 g/mol. The van der Waals surface area contributed by atoms with Crippen LogP contribution in [0.4, 0.5) is 0 Å². The van der Waals surface area contributed by atoms with Crippen LogP contribution in [-0.4, -0.2) is 11.8 Å². The molecule has 37 heavy (non-hydrogen) atoms. The Balaban J connectivity index is 3.86. The van der Waals surface area contributed by atoms with Crippen LogP contribution in [0.1, 0.15) is 181 Å². The van der Waals surface area contributed by atoms with Crippen molar-refractivity contribution in [2.24, 2.45) is 29.2 Å². The van der Waals surface area contributed by atoms with E-state index in [0.717, 1.165) is 44.9 Å². The van der Waals surface area contributed by atoms with Crippen molar-refractivity contribution in [1.29, 1.82) is 0 Å². The molecule has 2 amide bonds. The molecule has 3 atom stereocenters. The molecule has 0 aliphatic heterocycles. The highest BCUT2D eigenvalue weighted by molar-refractivity contribution is 5.76. The molecule has 0 aromatic carbocycles. The topological polar surface area (TPSA) is 86.2 Å². The molecule has 0 spiro atoms. The summed E-state index contributed by atoms with van der Waals surface area (Å²) in [7, 11) is 0. The smallest absolute Gasteiger partial charge is 0.220 e. The first kappa shape index (κ1) is 35.9. The van der Waals surface area contributed by atoms with E-state index in [2.05, 4.69) is 20.8 Å². The lowest BCUT2D eigenvalue weighted by atomic mass is 9.87. The SMILES string of the molecule is CCCCCCCCCCC(CCCCCCC(C)CC(CCCCCCCCCC)C(N)=O)C(N)=O. The summed E-state index contributed by atoms with van der Waals surface area (Å²) < 4.78 is 0. The molecule has 0 rings (SSSR count). The molecule has 0 bridgehead atoms. The number of nitrogens with two attached hydrogens (primary N) is 2. The Kier molecular flexibility index (Phi) is 25.8. The van der Waals surface area contributed by atoms with Crippen molar-refractivity contribution in [3.05, 3.63) is 0 Å². The standard InChI is InChI=1S/C33H66N2O2/c1-4-6-8-10-12-14-16-21-25-30(32(34)36)26-22-19-18-20-24-29(3)28-31(33(35)37)27-23-17-15-13-11-9-7-5-2/h29-31H,4-28H2,1-3H3,(H2,34,36)(H2,35,37). The molecule has 0 radical (unpaired) electrons. The summed E-state index contributed by atoms with van der Waals surface area (Å²) in [5, 5.41) is 0. The fraction of sp³-hybridized carbons (Fsp3) is 0.939. The second-order valence-corrected chi connectivity index (χ2v) is 12.1. The normalized spacial score (nSPS) is 13.9. The van der Waals surface area contributed by atoms with Gasteiger partial charge in [-0.25, -0.2) is 0 Å². The number of amides is 2. The Bertz CT molecular complexity index is 522. The van der Waals surface area contributed by atoms with E-state index in [4.69, 9.17) is 11.5 Å². The van der Waals surface area contributed by atoms with Gasteiger partial charge in [0.2, 0.25) is 11.8 Å². The van der Waals surface area contributed by atoms with Gasteiger partial charge in [0.1, 0.15) is 0 Å². The number of unbranched alkanes of at least 4 members (excludes halogenated alkanes) is 17. The molecular weight excluding hydrogens is 456 g/mol. The van der Waals surface area contributed by atoms with Gasteiger partial charge in [-0.15, -0.1) is 0 Å². The number of hydrogen-bond donors (Lipinski definition) is 2. The van der Waals surface area contributed by atoms with E-state index >= 15 is 0 Å². The van der Waals surface area contributed by atoms with Gasteiger partial charge in [-0.1, -0.05) is 156 Å². The third kappa shape index (κ3) is 23.8. The Morgan fingerprint density at radius 1 is 0.459 bits per heavy atom. The average molecular weight is 523 g/mol. The summed E-state index contributed by atoms with van der Waals surface area (Å²) >= 11 is 0. The number of rotatable bonds is 29. The lowest BCUT2D eigenvalue weighted by molar-refractivity contribution is -0.123. The van der Waals surface area contributed by atoms with Crippen molar-refractivity contribution in [2.75, 3.05) is 0 Å². The minimum Gasteiger partial charge on any atom is -0.369 e. The average Bonchev–Trinajstić information content (AvgIpc) is 2.86. The maximum absolute atomic E-state index is 12.0. The summed E-state index contributed by atoms with van der Waals surface area (Å²) in [5.74, 6) is 0.440. The lowest BCUT2D eigenvalue weighted by Gasteiger charge is -2.18. The van der Waals surface area contributed by atoms with Gasteiger partial charge in [0.15, 0.2) is 0 Å². The minimum absolute atomic E-state index is 0.0442. The van der Waals surface area contributed by atoms with Crippen LogP contribution in [0.5, 0.6) is 0 Å². The summed E-state index contributed by atoms with van der Waals surface area (Å²) in [6.07, 6.45) is 30.4. The first-order valence-electron chi connectivity index (χ1n) is 16.5. The van der Waals surface area contributed by atoms with E-state index in [0.29, 0.717) is 5.92 Å². The molecule has 4 nitrogen and oxygen atoms in total. The molecule has 0 aromatic rings. The van der Waals surface area contributed by atoms with Crippen molar-refractivity contribution in [3.63, 3.8) is 0 Å². The first-order chi connectivity index (χ1) is 17.9.